The van der Waals surface area contributed by atoms with Gasteiger partial charge in [-0.25, -0.2) is 0 Å². The zero-order valence-electron chi connectivity index (χ0n) is 16.2. The number of carbonyl (C=O) groups is 1. The molecule has 0 saturated carbocycles. The minimum Gasteiger partial charge on any atom is -0.486 e. The topological polar surface area (TPSA) is 54.6 Å². The molecule has 3 aromatic rings. The van der Waals surface area contributed by atoms with Crippen LogP contribution in [-0.2, 0) is 17.8 Å². The van der Waals surface area contributed by atoms with Gasteiger partial charge in [0.25, 0.3) is 0 Å². The first-order valence-corrected chi connectivity index (χ1v) is 9.96. The Kier molecular flexibility index (Phi) is 5.51. The molecule has 0 saturated heterocycles. The minimum atomic E-state index is 0.146. The Morgan fingerprint density at radius 3 is 2.79 bits per heavy atom. The van der Waals surface area contributed by atoms with E-state index in [1.54, 1.807) is 0 Å². The molecule has 0 radical (unpaired) electrons. The fourth-order valence-electron chi connectivity index (χ4n) is 3.60. The molecule has 0 unspecified atom stereocenters. The van der Waals surface area contributed by atoms with E-state index in [0.29, 0.717) is 26.2 Å². The van der Waals surface area contributed by atoms with Crippen molar-refractivity contribution in [3.8, 4) is 11.5 Å². The van der Waals surface area contributed by atoms with Crippen LogP contribution in [0, 0.1) is 0 Å². The number of amides is 1. The van der Waals surface area contributed by atoms with Gasteiger partial charge in [0.1, 0.15) is 13.2 Å². The highest BCUT2D eigenvalue weighted by molar-refractivity contribution is 5.88. The van der Waals surface area contributed by atoms with Crippen molar-refractivity contribution >= 4 is 16.8 Å². The third-order valence-electron chi connectivity index (χ3n) is 5.13. The van der Waals surface area contributed by atoms with E-state index < -0.39 is 0 Å². The van der Waals surface area contributed by atoms with Gasteiger partial charge in [0.2, 0.25) is 5.91 Å². The van der Waals surface area contributed by atoms with E-state index in [4.69, 9.17) is 9.47 Å². The van der Waals surface area contributed by atoms with E-state index >= 15 is 0 Å². The molecular formula is C23H26N2O3. The van der Waals surface area contributed by atoms with Crippen LogP contribution in [0.4, 0.5) is 0 Å². The lowest BCUT2D eigenvalue weighted by Gasteiger charge is -2.24. The van der Waals surface area contributed by atoms with Crippen molar-refractivity contribution in [3.63, 3.8) is 0 Å². The number of aromatic nitrogens is 1. The summed E-state index contributed by atoms with van der Waals surface area (Å²) in [5, 5.41) is 1.12. The zero-order chi connectivity index (χ0) is 19.3. The Hall–Kier alpha value is -2.95. The maximum absolute atomic E-state index is 13.1. The molecule has 2 heterocycles. The smallest absolute Gasteiger partial charge is 0.227 e. The molecular weight excluding hydrogens is 352 g/mol. The summed E-state index contributed by atoms with van der Waals surface area (Å²) in [4.78, 5) is 18.3. The second kappa shape index (κ2) is 8.38. The molecule has 0 spiro atoms. The van der Waals surface area contributed by atoms with Crippen LogP contribution in [0.15, 0.2) is 48.7 Å². The number of nitrogens with one attached hydrogen (secondary N) is 1. The summed E-state index contributed by atoms with van der Waals surface area (Å²) in [5.74, 6) is 1.69. The molecule has 1 aromatic heterocycles. The van der Waals surface area contributed by atoms with Gasteiger partial charge in [-0.05, 0) is 35.7 Å². The van der Waals surface area contributed by atoms with Crippen molar-refractivity contribution in [3.05, 3.63) is 59.8 Å². The number of hydrogen-bond donors (Lipinski definition) is 1. The molecule has 146 valence electrons. The Morgan fingerprint density at radius 2 is 1.93 bits per heavy atom. The van der Waals surface area contributed by atoms with Gasteiger partial charge < -0.3 is 19.4 Å². The Labute approximate surface area is 165 Å². The number of unbranched alkanes of at least 4 members (excludes halogenated alkanes) is 1. The lowest BCUT2D eigenvalue weighted by molar-refractivity contribution is -0.131. The standard InChI is InChI=1S/C23H26N2O3/c1-2-3-10-25(16-17-8-9-21-22(13-17)28-12-11-27-21)23(26)14-18-15-24-20-7-5-4-6-19(18)20/h4-9,13,15,24H,2-3,10-12,14,16H2,1H3. The lowest BCUT2D eigenvalue weighted by atomic mass is 10.1. The third kappa shape index (κ3) is 3.98. The highest BCUT2D eigenvalue weighted by atomic mass is 16.6. The quantitative estimate of drug-likeness (QED) is 0.666. The minimum absolute atomic E-state index is 0.146. The summed E-state index contributed by atoms with van der Waals surface area (Å²) in [6, 6.07) is 14.1. The second-order valence-corrected chi connectivity index (χ2v) is 7.18. The summed E-state index contributed by atoms with van der Waals surface area (Å²) in [7, 11) is 0. The predicted molar refractivity (Wildman–Crippen MR) is 110 cm³/mol. The molecule has 0 bridgehead atoms. The van der Waals surface area contributed by atoms with Crippen molar-refractivity contribution in [1.29, 1.82) is 0 Å². The summed E-state index contributed by atoms with van der Waals surface area (Å²) in [6.07, 6.45) is 4.39. The Balaban J connectivity index is 1.51. The van der Waals surface area contributed by atoms with Gasteiger partial charge in [0.15, 0.2) is 11.5 Å². The fourth-order valence-corrected chi connectivity index (χ4v) is 3.60. The molecule has 1 N–H and O–H groups in total. The average Bonchev–Trinajstić information content (AvgIpc) is 3.14. The predicted octanol–water partition coefficient (Wildman–Crippen LogP) is 4.31. The average molecular weight is 378 g/mol. The summed E-state index contributed by atoms with van der Waals surface area (Å²) in [6.45, 7) is 4.63. The molecule has 2 aromatic carbocycles. The van der Waals surface area contributed by atoms with Gasteiger partial charge in [0, 0.05) is 30.2 Å². The number of ether oxygens (including phenoxy) is 2. The van der Waals surface area contributed by atoms with E-state index in [1.165, 1.54) is 0 Å². The van der Waals surface area contributed by atoms with E-state index in [0.717, 1.165) is 52.9 Å². The number of fused-ring (bicyclic) bond motifs is 2. The summed E-state index contributed by atoms with van der Waals surface area (Å²) in [5.41, 5.74) is 3.18. The van der Waals surface area contributed by atoms with E-state index in [-0.39, 0.29) is 5.91 Å². The Bertz CT molecular complexity index is 963. The van der Waals surface area contributed by atoms with Gasteiger partial charge in [-0.2, -0.15) is 0 Å². The molecule has 5 heteroatoms. The van der Waals surface area contributed by atoms with Crippen LogP contribution in [-0.4, -0.2) is 35.5 Å². The normalized spacial score (nSPS) is 12.9. The molecule has 1 aliphatic rings. The van der Waals surface area contributed by atoms with Crippen LogP contribution in [0.1, 0.15) is 30.9 Å². The van der Waals surface area contributed by atoms with Crippen LogP contribution in [0.3, 0.4) is 0 Å². The molecule has 0 aliphatic carbocycles. The highest BCUT2D eigenvalue weighted by Gasteiger charge is 2.18. The van der Waals surface area contributed by atoms with Crippen LogP contribution >= 0.6 is 0 Å². The van der Waals surface area contributed by atoms with Gasteiger partial charge in [-0.3, -0.25) is 4.79 Å². The second-order valence-electron chi connectivity index (χ2n) is 7.18. The molecule has 1 aliphatic heterocycles. The molecule has 1 amide bonds. The van der Waals surface area contributed by atoms with Crippen molar-refractivity contribution in [1.82, 2.24) is 9.88 Å². The first kappa shape index (κ1) is 18.4. The van der Waals surface area contributed by atoms with Crippen LogP contribution in [0.5, 0.6) is 11.5 Å². The van der Waals surface area contributed by atoms with E-state index in [1.807, 2.05) is 47.5 Å². The van der Waals surface area contributed by atoms with Gasteiger partial charge >= 0.3 is 0 Å². The van der Waals surface area contributed by atoms with Crippen molar-refractivity contribution in [2.45, 2.75) is 32.7 Å². The number of nitrogens with zero attached hydrogens (tertiary/aromatic N) is 1. The SMILES string of the molecule is CCCCN(Cc1ccc2c(c1)OCCO2)C(=O)Cc1c[nH]c2ccccc12. The largest absolute Gasteiger partial charge is 0.486 e. The van der Waals surface area contributed by atoms with Crippen LogP contribution in [0.25, 0.3) is 10.9 Å². The van der Waals surface area contributed by atoms with Crippen molar-refractivity contribution in [2.75, 3.05) is 19.8 Å². The zero-order valence-corrected chi connectivity index (χ0v) is 16.2. The molecule has 4 rings (SSSR count). The first-order chi connectivity index (χ1) is 13.7. The number of para-hydroxylation sites is 1. The molecule has 5 nitrogen and oxygen atoms in total. The van der Waals surface area contributed by atoms with Crippen molar-refractivity contribution in [2.24, 2.45) is 0 Å². The number of H-pyrrole nitrogens is 1. The summed E-state index contributed by atoms with van der Waals surface area (Å²) < 4.78 is 11.3. The number of aromatic amines is 1. The van der Waals surface area contributed by atoms with Crippen LogP contribution in [0.2, 0.25) is 0 Å². The number of hydrogen-bond acceptors (Lipinski definition) is 3. The maximum Gasteiger partial charge on any atom is 0.227 e. The number of benzene rings is 2. The van der Waals surface area contributed by atoms with Crippen LogP contribution < -0.4 is 9.47 Å². The Morgan fingerprint density at radius 1 is 1.11 bits per heavy atom. The lowest BCUT2D eigenvalue weighted by Crippen LogP contribution is -2.32. The van der Waals surface area contributed by atoms with Gasteiger partial charge in [-0.1, -0.05) is 37.6 Å². The maximum atomic E-state index is 13.1. The first-order valence-electron chi connectivity index (χ1n) is 9.96. The molecule has 0 fully saturated rings. The summed E-state index contributed by atoms with van der Waals surface area (Å²) >= 11 is 0. The van der Waals surface area contributed by atoms with E-state index in [9.17, 15) is 4.79 Å². The number of rotatable bonds is 7. The molecule has 0 atom stereocenters. The van der Waals surface area contributed by atoms with E-state index in [2.05, 4.69) is 18.0 Å². The monoisotopic (exact) mass is 378 g/mol. The van der Waals surface area contributed by atoms with Gasteiger partial charge in [-0.15, -0.1) is 0 Å². The molecule has 28 heavy (non-hydrogen) atoms. The highest BCUT2D eigenvalue weighted by Crippen LogP contribution is 2.31. The third-order valence-corrected chi connectivity index (χ3v) is 5.13. The number of carbonyl (C=O) groups excluding carboxylic acids is 1. The fraction of sp³-hybridized carbons (Fsp3) is 0.348. The van der Waals surface area contributed by atoms with Gasteiger partial charge in [0.05, 0.1) is 6.42 Å². The van der Waals surface area contributed by atoms with Crippen molar-refractivity contribution < 1.29 is 14.3 Å².